The average molecular weight is 827 g/mol. The Labute approximate surface area is 381 Å². The highest BCUT2D eigenvalue weighted by Gasteiger charge is 2.44. The van der Waals surface area contributed by atoms with E-state index >= 15 is 0 Å². The predicted octanol–water partition coefficient (Wildman–Crippen LogP) is 17.5. The quantitative estimate of drug-likeness (QED) is 0.150. The van der Waals surface area contributed by atoms with E-state index in [-0.39, 0.29) is 21.7 Å². The van der Waals surface area contributed by atoms with Gasteiger partial charge in [0.2, 0.25) is 0 Å². The van der Waals surface area contributed by atoms with Crippen LogP contribution < -0.4 is 0 Å². The maximum Gasteiger partial charge on any atom is 0.0210 e. The third kappa shape index (κ3) is 5.06. The fourth-order valence-corrected chi connectivity index (χ4v) is 13.5. The molecule has 8 aromatic rings. The van der Waals surface area contributed by atoms with E-state index in [2.05, 4.69) is 213 Å². The standard InChI is InChI=1S/C64H58/c1-9-63(10-2)57-35-41(39-21-27-47-45-17-13-15-19-53(45)61(5,6)55(47)33-39)23-29-49(57)51-31-25-43(37-59(51)63)44-26-32-52-50-30-24-42(36-58(50)64(11-3,12-4)60(52)38-44)40-22-28-48-46-18-14-16-20-54(46)62(7,8)56(48)34-40/h13-38H,9-12H2,1-8H3. The van der Waals surface area contributed by atoms with Crippen molar-refractivity contribution < 1.29 is 0 Å². The first-order valence-electron chi connectivity index (χ1n) is 24.1. The van der Waals surface area contributed by atoms with Gasteiger partial charge in [-0.05, 0) is 184 Å². The Morgan fingerprint density at radius 2 is 0.469 bits per heavy atom. The lowest BCUT2D eigenvalue weighted by atomic mass is 9.72. The molecule has 8 aromatic carbocycles. The van der Waals surface area contributed by atoms with E-state index < -0.39 is 0 Å². The van der Waals surface area contributed by atoms with Crippen LogP contribution in [0.2, 0.25) is 0 Å². The summed E-state index contributed by atoms with van der Waals surface area (Å²) in [6, 6.07) is 61.8. The molecule has 0 atom stereocenters. The summed E-state index contributed by atoms with van der Waals surface area (Å²) in [6.45, 7) is 19.1. The molecule has 0 saturated carbocycles. The lowest BCUT2D eigenvalue weighted by Crippen LogP contribution is -2.23. The van der Waals surface area contributed by atoms with E-state index in [9.17, 15) is 0 Å². The van der Waals surface area contributed by atoms with Crippen molar-refractivity contribution in [1.29, 1.82) is 0 Å². The zero-order valence-corrected chi connectivity index (χ0v) is 38.8. The molecule has 314 valence electrons. The van der Waals surface area contributed by atoms with Crippen molar-refractivity contribution in [3.05, 3.63) is 202 Å². The van der Waals surface area contributed by atoms with Crippen molar-refractivity contribution >= 4 is 0 Å². The van der Waals surface area contributed by atoms with Gasteiger partial charge in [0, 0.05) is 21.7 Å². The number of fused-ring (bicyclic) bond motifs is 12. The fourth-order valence-electron chi connectivity index (χ4n) is 13.5. The summed E-state index contributed by atoms with van der Waals surface area (Å²) >= 11 is 0. The van der Waals surface area contributed by atoms with Gasteiger partial charge in [-0.2, -0.15) is 0 Å². The number of hydrogen-bond donors (Lipinski definition) is 0. The van der Waals surface area contributed by atoms with Crippen molar-refractivity contribution in [2.45, 2.75) is 103 Å². The monoisotopic (exact) mass is 826 g/mol. The molecule has 0 N–H and O–H groups in total. The van der Waals surface area contributed by atoms with Crippen LogP contribution >= 0.6 is 0 Å². The Bertz CT molecular complexity index is 3040. The summed E-state index contributed by atoms with van der Waals surface area (Å²) in [4.78, 5) is 0. The molecular weight excluding hydrogens is 769 g/mol. The smallest absolute Gasteiger partial charge is 0.0210 e. The van der Waals surface area contributed by atoms with Gasteiger partial charge in [-0.15, -0.1) is 0 Å². The molecule has 0 unspecified atom stereocenters. The molecule has 0 fully saturated rings. The van der Waals surface area contributed by atoms with E-state index in [1.807, 2.05) is 0 Å². The van der Waals surface area contributed by atoms with Gasteiger partial charge >= 0.3 is 0 Å². The number of hydrogen-bond acceptors (Lipinski definition) is 0. The van der Waals surface area contributed by atoms with Crippen LogP contribution in [-0.2, 0) is 21.7 Å². The van der Waals surface area contributed by atoms with Crippen LogP contribution in [0, 0.1) is 0 Å². The SMILES string of the molecule is CCC1(CC)c2cc(-c3ccc4c(c3)C(C)(C)c3ccccc3-4)ccc2-c2ccc(-c3ccc4c(c3)C(CC)(CC)c3cc(-c5ccc6c(c5)C(C)(C)c5ccccc5-6)ccc3-4)cc21. The molecule has 0 radical (unpaired) electrons. The Morgan fingerprint density at radius 3 is 0.734 bits per heavy atom. The first kappa shape index (κ1) is 39.4. The van der Waals surface area contributed by atoms with Gasteiger partial charge in [0.05, 0.1) is 0 Å². The van der Waals surface area contributed by atoms with Gasteiger partial charge in [0.25, 0.3) is 0 Å². The Hall–Kier alpha value is -6.24. The summed E-state index contributed by atoms with van der Waals surface area (Å²) < 4.78 is 0. The molecule has 4 aliphatic rings. The zero-order chi connectivity index (χ0) is 43.9. The van der Waals surface area contributed by atoms with Gasteiger partial charge in [0.1, 0.15) is 0 Å². The molecule has 0 bridgehead atoms. The van der Waals surface area contributed by atoms with Crippen LogP contribution in [-0.4, -0.2) is 0 Å². The normalized spacial score (nSPS) is 16.6. The zero-order valence-electron chi connectivity index (χ0n) is 38.8. The highest BCUT2D eigenvalue weighted by atomic mass is 14.5. The van der Waals surface area contributed by atoms with Crippen molar-refractivity contribution in [2.75, 3.05) is 0 Å². The minimum absolute atomic E-state index is 0.0206. The molecule has 0 saturated heterocycles. The second-order valence-corrected chi connectivity index (χ2v) is 20.5. The minimum Gasteiger partial charge on any atom is -0.0642 e. The number of benzene rings is 8. The second kappa shape index (κ2) is 13.6. The molecule has 0 amide bonds. The summed E-state index contributed by atoms with van der Waals surface area (Å²) in [5.41, 5.74) is 30.5. The lowest BCUT2D eigenvalue weighted by Gasteiger charge is -2.31. The first-order chi connectivity index (χ1) is 31.0. The van der Waals surface area contributed by atoms with Gasteiger partial charge in [0.15, 0.2) is 0 Å². The Morgan fingerprint density at radius 1 is 0.250 bits per heavy atom. The molecule has 0 aliphatic heterocycles. The maximum atomic E-state index is 2.56. The van der Waals surface area contributed by atoms with Crippen molar-refractivity contribution in [2.24, 2.45) is 0 Å². The first-order valence-corrected chi connectivity index (χ1v) is 24.1. The van der Waals surface area contributed by atoms with E-state index in [4.69, 9.17) is 0 Å². The Kier molecular flexibility index (Phi) is 8.39. The molecule has 64 heavy (non-hydrogen) atoms. The molecule has 12 rings (SSSR count). The van der Waals surface area contributed by atoms with E-state index in [1.165, 1.54) is 122 Å². The van der Waals surface area contributed by atoms with Gasteiger partial charge in [-0.3, -0.25) is 0 Å². The Balaban J connectivity index is 0.902. The van der Waals surface area contributed by atoms with Crippen molar-refractivity contribution in [3.63, 3.8) is 0 Å². The van der Waals surface area contributed by atoms with Crippen LogP contribution in [0.15, 0.2) is 158 Å². The van der Waals surface area contributed by atoms with Gasteiger partial charge < -0.3 is 0 Å². The highest BCUT2D eigenvalue weighted by molar-refractivity contribution is 5.91. The topological polar surface area (TPSA) is 0 Å². The lowest BCUT2D eigenvalue weighted by molar-refractivity contribution is 0.490. The maximum absolute atomic E-state index is 2.56. The summed E-state index contributed by atoms with van der Waals surface area (Å²) in [5.74, 6) is 0. The third-order valence-corrected chi connectivity index (χ3v) is 17.3. The van der Waals surface area contributed by atoms with E-state index in [0.717, 1.165) is 25.7 Å². The molecule has 4 aliphatic carbocycles. The average Bonchev–Trinajstić information content (AvgIpc) is 3.95. The van der Waals surface area contributed by atoms with Crippen LogP contribution in [0.25, 0.3) is 77.9 Å². The molecular formula is C64H58. The molecule has 0 nitrogen and oxygen atoms in total. The van der Waals surface area contributed by atoms with Crippen LogP contribution in [0.1, 0.15) is 126 Å². The molecule has 0 aromatic heterocycles. The van der Waals surface area contributed by atoms with E-state index in [1.54, 1.807) is 0 Å². The molecule has 0 heteroatoms. The summed E-state index contributed by atoms with van der Waals surface area (Å²) in [5, 5.41) is 0. The van der Waals surface area contributed by atoms with Crippen LogP contribution in [0.3, 0.4) is 0 Å². The van der Waals surface area contributed by atoms with Crippen molar-refractivity contribution in [1.82, 2.24) is 0 Å². The van der Waals surface area contributed by atoms with Crippen molar-refractivity contribution in [3.8, 4) is 77.9 Å². The van der Waals surface area contributed by atoms with E-state index in [0.29, 0.717) is 0 Å². The number of rotatable bonds is 7. The second-order valence-electron chi connectivity index (χ2n) is 20.5. The summed E-state index contributed by atoms with van der Waals surface area (Å²) in [6.07, 6.45) is 4.25. The third-order valence-electron chi connectivity index (χ3n) is 17.3. The minimum atomic E-state index is -0.0432. The van der Waals surface area contributed by atoms with Crippen LogP contribution in [0.4, 0.5) is 0 Å². The predicted molar refractivity (Wildman–Crippen MR) is 271 cm³/mol. The van der Waals surface area contributed by atoms with Gasteiger partial charge in [-0.25, -0.2) is 0 Å². The van der Waals surface area contributed by atoms with Gasteiger partial charge in [-0.1, -0.05) is 177 Å². The van der Waals surface area contributed by atoms with Crippen LogP contribution in [0.5, 0.6) is 0 Å². The highest BCUT2D eigenvalue weighted by Crippen LogP contribution is 2.58. The molecule has 0 spiro atoms. The fraction of sp³-hybridized carbons (Fsp3) is 0.250. The molecule has 0 heterocycles. The largest absolute Gasteiger partial charge is 0.0642 e. The summed E-state index contributed by atoms with van der Waals surface area (Å²) in [7, 11) is 0.